The quantitative estimate of drug-likeness (QED) is 0.487. The van der Waals surface area contributed by atoms with Gasteiger partial charge in [-0.15, -0.1) is 0 Å². The van der Waals surface area contributed by atoms with Gasteiger partial charge in [-0.05, 0) is 25.7 Å². The molecule has 0 aromatic heterocycles. The lowest BCUT2D eigenvalue weighted by atomic mass is 10.00. The molecule has 140 valence electrons. The predicted molar refractivity (Wildman–Crippen MR) is 96.8 cm³/mol. The van der Waals surface area contributed by atoms with E-state index in [9.17, 15) is 0 Å². The Balaban J connectivity index is 0.000000841. The molecule has 2 unspecified atom stereocenters. The minimum atomic E-state index is -3.92. The highest BCUT2D eigenvalue weighted by Gasteiger charge is 2.18. The van der Waals surface area contributed by atoms with Crippen molar-refractivity contribution in [2.24, 2.45) is 5.92 Å². The van der Waals surface area contributed by atoms with Crippen LogP contribution in [-0.2, 0) is 10.1 Å². The third-order valence-corrected chi connectivity index (χ3v) is 4.50. The first-order chi connectivity index (χ1) is 10.8. The van der Waals surface area contributed by atoms with Crippen LogP contribution in [0, 0.1) is 5.92 Å². The summed E-state index contributed by atoms with van der Waals surface area (Å²) in [5, 5.41) is 0. The Hall–Kier alpha value is -0.130. The van der Waals surface area contributed by atoms with E-state index >= 15 is 0 Å². The standard InChI is InChI=1S/C17H35N.CH4O3S/c1-3-4-5-6-7-8-9-10-11-14-18-15-12-13-17(2)16-18;1-5(2,3)4/h17H,3-16H2,1-2H3;1H3,(H,2,3,4). The van der Waals surface area contributed by atoms with Gasteiger partial charge in [-0.3, -0.25) is 0 Å². The van der Waals surface area contributed by atoms with Crippen molar-refractivity contribution in [2.45, 2.75) is 84.5 Å². The van der Waals surface area contributed by atoms with Crippen molar-refractivity contribution >= 4 is 10.1 Å². The van der Waals surface area contributed by atoms with Crippen LogP contribution in [0.4, 0.5) is 0 Å². The van der Waals surface area contributed by atoms with Crippen LogP contribution >= 0.6 is 0 Å². The van der Waals surface area contributed by atoms with Crippen LogP contribution in [0.25, 0.3) is 0 Å². The Bertz CT molecular complexity index is 349. The topological polar surface area (TPSA) is 61.6 Å². The van der Waals surface area contributed by atoms with Crippen LogP contribution in [-0.4, -0.2) is 38.9 Å². The van der Waals surface area contributed by atoms with Gasteiger partial charge in [-0.25, -0.2) is 8.42 Å². The molecule has 0 amide bonds. The summed E-state index contributed by atoms with van der Waals surface area (Å²) in [7, 11) is -3.92. The monoisotopic (exact) mass is 349 g/mol. The first-order valence-electron chi connectivity index (χ1n) is 9.57. The summed E-state index contributed by atoms with van der Waals surface area (Å²) in [6.07, 6.45) is 16.7. The molecular weight excluding hydrogens is 310 g/mol. The molecule has 1 aliphatic rings. The Kier molecular flexibility index (Phi) is 14.2. The summed E-state index contributed by atoms with van der Waals surface area (Å²) in [6.45, 7) is 9.05. The van der Waals surface area contributed by atoms with Crippen LogP contribution in [0.3, 0.4) is 0 Å². The maximum atomic E-state index is 9.08. The molecule has 0 saturated carbocycles. The maximum Gasteiger partial charge on any atom is 0.0916 e. The van der Waals surface area contributed by atoms with E-state index in [2.05, 4.69) is 13.8 Å². The second kappa shape index (κ2) is 14.2. The van der Waals surface area contributed by atoms with Crippen LogP contribution in [0.5, 0.6) is 0 Å². The van der Waals surface area contributed by atoms with Crippen LogP contribution in [0.1, 0.15) is 84.5 Å². The molecule has 1 saturated heterocycles. The number of nitrogens with one attached hydrogen (secondary N) is 1. The average molecular weight is 350 g/mol. The van der Waals surface area contributed by atoms with Crippen LogP contribution < -0.4 is 4.90 Å². The number of piperidine rings is 1. The zero-order valence-corrected chi connectivity index (χ0v) is 16.4. The van der Waals surface area contributed by atoms with Gasteiger partial charge in [0.1, 0.15) is 0 Å². The fraction of sp³-hybridized carbons (Fsp3) is 1.00. The first kappa shape index (κ1) is 22.9. The Morgan fingerprint density at radius 3 is 1.96 bits per heavy atom. The molecule has 0 aromatic carbocycles. The van der Waals surface area contributed by atoms with Crippen molar-refractivity contribution in [3.63, 3.8) is 0 Å². The SMILES string of the molecule is CCCCCCCCCCC[NH+]1CCCC(C)C1.CS(=O)(=O)[O-]. The van der Waals surface area contributed by atoms with Crippen molar-refractivity contribution in [3.8, 4) is 0 Å². The highest BCUT2D eigenvalue weighted by atomic mass is 32.2. The average Bonchev–Trinajstić information content (AvgIpc) is 2.44. The number of unbranched alkanes of at least 4 members (excludes halogenated alkanes) is 8. The molecule has 2 atom stereocenters. The number of likely N-dealkylation sites (tertiary alicyclic amines) is 1. The summed E-state index contributed by atoms with van der Waals surface area (Å²) >= 11 is 0. The molecule has 1 rings (SSSR count). The van der Waals surface area contributed by atoms with E-state index in [1.165, 1.54) is 90.3 Å². The van der Waals surface area contributed by atoms with Crippen molar-refractivity contribution in [3.05, 3.63) is 0 Å². The Morgan fingerprint density at radius 2 is 1.48 bits per heavy atom. The summed E-state index contributed by atoms with van der Waals surface area (Å²) in [5.41, 5.74) is 0. The fourth-order valence-corrected chi connectivity index (χ4v) is 3.31. The first-order valence-corrected chi connectivity index (χ1v) is 11.4. The van der Waals surface area contributed by atoms with E-state index in [1.54, 1.807) is 0 Å². The van der Waals surface area contributed by atoms with Crippen LogP contribution in [0.15, 0.2) is 0 Å². The lowest BCUT2D eigenvalue weighted by Crippen LogP contribution is -3.13. The molecule has 23 heavy (non-hydrogen) atoms. The third-order valence-electron chi connectivity index (χ3n) is 4.50. The molecule has 5 heteroatoms. The molecule has 1 aliphatic heterocycles. The smallest absolute Gasteiger partial charge is 0.0916 e. The van der Waals surface area contributed by atoms with Gasteiger partial charge in [-0.1, -0.05) is 58.8 Å². The van der Waals surface area contributed by atoms with E-state index in [0.717, 1.165) is 5.92 Å². The minimum absolute atomic E-state index is 0.604. The zero-order valence-electron chi connectivity index (χ0n) is 15.6. The Labute approximate surface area is 144 Å². The van der Waals surface area contributed by atoms with E-state index < -0.39 is 10.1 Å². The highest BCUT2D eigenvalue weighted by Crippen LogP contribution is 2.09. The largest absolute Gasteiger partial charge is 0.748 e. The highest BCUT2D eigenvalue weighted by molar-refractivity contribution is 7.84. The minimum Gasteiger partial charge on any atom is -0.748 e. The lowest BCUT2D eigenvalue weighted by Gasteiger charge is -2.27. The van der Waals surface area contributed by atoms with E-state index in [0.29, 0.717) is 6.26 Å². The van der Waals surface area contributed by atoms with Crippen molar-refractivity contribution in [1.82, 2.24) is 0 Å². The van der Waals surface area contributed by atoms with Gasteiger partial charge in [-0.2, -0.15) is 0 Å². The van der Waals surface area contributed by atoms with Gasteiger partial charge < -0.3 is 9.45 Å². The van der Waals surface area contributed by atoms with E-state index in [4.69, 9.17) is 13.0 Å². The van der Waals surface area contributed by atoms with E-state index in [1.807, 2.05) is 4.90 Å². The third kappa shape index (κ3) is 19.8. The molecule has 0 aromatic rings. The molecule has 0 spiro atoms. The molecule has 0 radical (unpaired) electrons. The molecule has 0 bridgehead atoms. The molecule has 1 N–H and O–H groups in total. The molecule has 4 nitrogen and oxygen atoms in total. The number of hydrogen-bond donors (Lipinski definition) is 1. The van der Waals surface area contributed by atoms with Gasteiger partial charge in [0, 0.05) is 12.2 Å². The van der Waals surface area contributed by atoms with Gasteiger partial charge in [0.15, 0.2) is 0 Å². The van der Waals surface area contributed by atoms with Crippen molar-refractivity contribution in [2.75, 3.05) is 25.9 Å². The number of quaternary nitrogens is 1. The zero-order chi connectivity index (χ0) is 17.6. The van der Waals surface area contributed by atoms with Gasteiger partial charge in [0.2, 0.25) is 0 Å². The van der Waals surface area contributed by atoms with Crippen molar-refractivity contribution in [1.29, 1.82) is 0 Å². The summed E-state index contributed by atoms with van der Waals surface area (Å²) in [5.74, 6) is 0.979. The summed E-state index contributed by atoms with van der Waals surface area (Å²) in [6, 6.07) is 0. The normalized spacial score (nSPS) is 21.6. The number of rotatable bonds is 10. The molecule has 0 aliphatic carbocycles. The summed E-state index contributed by atoms with van der Waals surface area (Å²) < 4.78 is 27.2. The van der Waals surface area contributed by atoms with Crippen LogP contribution in [0.2, 0.25) is 0 Å². The summed E-state index contributed by atoms with van der Waals surface area (Å²) in [4.78, 5) is 1.89. The fourth-order valence-electron chi connectivity index (χ4n) is 3.31. The Morgan fingerprint density at radius 1 is 1.00 bits per heavy atom. The predicted octanol–water partition coefficient (Wildman–Crippen LogP) is 2.99. The maximum absolute atomic E-state index is 9.08. The molecular formula is C18H39NO3S. The second-order valence-electron chi connectivity index (χ2n) is 7.23. The van der Waals surface area contributed by atoms with Gasteiger partial charge in [0.25, 0.3) is 0 Å². The van der Waals surface area contributed by atoms with Gasteiger partial charge in [0.05, 0.1) is 29.8 Å². The number of hydrogen-bond acceptors (Lipinski definition) is 3. The van der Waals surface area contributed by atoms with E-state index in [-0.39, 0.29) is 0 Å². The second-order valence-corrected chi connectivity index (χ2v) is 8.64. The molecule has 1 fully saturated rings. The van der Waals surface area contributed by atoms with Crippen molar-refractivity contribution < 1.29 is 17.9 Å². The lowest BCUT2D eigenvalue weighted by molar-refractivity contribution is -0.908. The molecule has 1 heterocycles. The van der Waals surface area contributed by atoms with Gasteiger partial charge >= 0.3 is 0 Å².